The summed E-state index contributed by atoms with van der Waals surface area (Å²) in [6, 6.07) is 54.5. The van der Waals surface area contributed by atoms with Crippen molar-refractivity contribution in [3.63, 3.8) is 0 Å². The molecule has 0 fully saturated rings. The number of rotatable bonds is 7. The van der Waals surface area contributed by atoms with Crippen molar-refractivity contribution in [2.24, 2.45) is 0 Å². The van der Waals surface area contributed by atoms with Crippen LogP contribution in [0.15, 0.2) is 189 Å². The van der Waals surface area contributed by atoms with Crippen molar-refractivity contribution in [3.05, 3.63) is 234 Å². The first-order valence-electron chi connectivity index (χ1n) is 18.8. The average molecular weight is 771 g/mol. The van der Waals surface area contributed by atoms with E-state index in [4.69, 9.17) is 0 Å². The summed E-state index contributed by atoms with van der Waals surface area (Å²) >= 11 is 0. The minimum absolute atomic E-state index is 0.187. The van der Waals surface area contributed by atoms with Gasteiger partial charge in [-0.2, -0.15) is 0 Å². The van der Waals surface area contributed by atoms with Gasteiger partial charge in [-0.3, -0.25) is 19.2 Å². The van der Waals surface area contributed by atoms with Crippen LogP contribution in [0.4, 0.5) is 0 Å². The summed E-state index contributed by atoms with van der Waals surface area (Å²) in [4.78, 5) is 58.8. The predicted molar refractivity (Wildman–Crippen MR) is 227 cm³/mol. The highest BCUT2D eigenvalue weighted by atomic mass is 31.1. The Labute approximate surface area is 324 Å². The summed E-state index contributed by atoms with van der Waals surface area (Å²) in [5.41, 5.74) is 3.15. The second-order valence-corrected chi connectivity index (χ2v) is 19.2. The fraction of sp³-hybridized carbons (Fsp3) is 0.130. The summed E-state index contributed by atoms with van der Waals surface area (Å²) in [6.07, 6.45) is 1.35. The van der Waals surface area contributed by atoms with Gasteiger partial charge < -0.3 is 0 Å². The summed E-state index contributed by atoms with van der Waals surface area (Å²) in [6.45, 7) is 0. The molecule has 8 aromatic rings. The number of benzene rings is 6. The molecule has 2 aromatic heterocycles. The van der Waals surface area contributed by atoms with E-state index < -0.39 is 15.8 Å². The SMILES string of the molecule is O=c1c2ccccc2c(=O)n2n1C(c1ccccc1)P(CCP1[C@H](c3ccccc3)n3c(=O)c4ccccc4c(=O)n3[C@@H]1c1ccccc1)[C@H]2c1ccccc1. The first kappa shape index (κ1) is 34.5. The Bertz CT molecular complexity index is 2600. The Morgan fingerprint density at radius 1 is 0.304 bits per heavy atom. The van der Waals surface area contributed by atoms with Crippen LogP contribution in [0.3, 0.4) is 0 Å². The Morgan fingerprint density at radius 2 is 0.500 bits per heavy atom. The third-order valence-corrected chi connectivity index (χ3v) is 17.7. The van der Waals surface area contributed by atoms with Crippen molar-refractivity contribution in [3.8, 4) is 0 Å². The van der Waals surface area contributed by atoms with Gasteiger partial charge in [-0.05, 0) is 74.7 Å². The van der Waals surface area contributed by atoms with Crippen molar-refractivity contribution in [1.29, 1.82) is 0 Å². The van der Waals surface area contributed by atoms with Gasteiger partial charge in [0.2, 0.25) is 0 Å². The molecule has 0 saturated carbocycles. The maximum atomic E-state index is 14.7. The van der Waals surface area contributed by atoms with Crippen LogP contribution in [0.2, 0.25) is 0 Å². The molecular weight excluding hydrogens is 734 g/mol. The van der Waals surface area contributed by atoms with Gasteiger partial charge in [0.1, 0.15) is 23.1 Å². The van der Waals surface area contributed by atoms with Crippen LogP contribution < -0.4 is 22.2 Å². The van der Waals surface area contributed by atoms with Crippen LogP contribution in [-0.2, 0) is 0 Å². The van der Waals surface area contributed by atoms with E-state index in [1.54, 1.807) is 43.0 Å². The monoisotopic (exact) mass is 770 g/mol. The van der Waals surface area contributed by atoms with E-state index in [1.807, 2.05) is 97.1 Å². The number of nitrogens with zero attached hydrogens (tertiary/aromatic N) is 4. The summed E-state index contributed by atoms with van der Waals surface area (Å²) < 4.78 is 6.96. The Balaban J connectivity index is 1.20. The lowest BCUT2D eigenvalue weighted by Gasteiger charge is -2.30. The molecule has 0 spiro atoms. The maximum Gasteiger partial charge on any atom is 0.274 e. The molecule has 0 radical (unpaired) electrons. The lowest BCUT2D eigenvalue weighted by atomic mass is 10.2. The normalized spacial score (nSPS) is 21.3. The van der Waals surface area contributed by atoms with Crippen LogP contribution >= 0.6 is 15.8 Å². The molecule has 10 heteroatoms. The molecule has 0 saturated heterocycles. The smallest absolute Gasteiger partial charge is 0.267 e. The van der Waals surface area contributed by atoms with Crippen molar-refractivity contribution in [2.45, 2.75) is 23.1 Å². The quantitative estimate of drug-likeness (QED) is 0.152. The molecule has 6 atom stereocenters. The van der Waals surface area contributed by atoms with E-state index in [1.165, 1.54) is 0 Å². The molecule has 2 aliphatic rings. The number of fused-ring (bicyclic) bond motifs is 4. The zero-order valence-electron chi connectivity index (χ0n) is 30.2. The van der Waals surface area contributed by atoms with E-state index in [-0.39, 0.29) is 45.4 Å². The zero-order chi connectivity index (χ0) is 37.9. The van der Waals surface area contributed by atoms with E-state index >= 15 is 0 Å². The largest absolute Gasteiger partial charge is 0.274 e. The van der Waals surface area contributed by atoms with Crippen LogP contribution in [0.25, 0.3) is 21.5 Å². The summed E-state index contributed by atoms with van der Waals surface area (Å²) in [7, 11) is -2.39. The predicted octanol–water partition coefficient (Wildman–Crippen LogP) is 8.52. The zero-order valence-corrected chi connectivity index (χ0v) is 32.0. The fourth-order valence-corrected chi connectivity index (χ4v) is 16.5. The van der Waals surface area contributed by atoms with Crippen LogP contribution in [0.1, 0.15) is 45.4 Å². The van der Waals surface area contributed by atoms with Gasteiger partial charge in [0, 0.05) is 0 Å². The minimum atomic E-state index is -1.19. The highest BCUT2D eigenvalue weighted by Crippen LogP contribution is 2.71. The molecule has 56 heavy (non-hydrogen) atoms. The third-order valence-electron chi connectivity index (χ3n) is 11.3. The molecule has 3 unspecified atom stereocenters. The van der Waals surface area contributed by atoms with Crippen molar-refractivity contribution in [1.82, 2.24) is 18.7 Å². The standard InChI is InChI=1S/C46H36N4O4P2/c51-39-35-25-13-14-26-36(35)40(52)48-44(32-19-7-2-8-20-32)55(43(47(39)48)31-17-5-1-6-18-31)29-30-56-45(33-21-9-3-10-22-33)49-41(53)37-27-15-16-28-38(37)42(54)50(49)46(56)34-23-11-4-12-24-34/h1-28,43-46H,29-30H2/t43-,44+,45-,46?,55?,56?/m0/s1. The molecular formula is C46H36N4O4P2. The number of hydrogen-bond acceptors (Lipinski definition) is 4. The van der Waals surface area contributed by atoms with E-state index in [9.17, 15) is 19.2 Å². The van der Waals surface area contributed by atoms with Gasteiger partial charge in [0.25, 0.3) is 22.2 Å². The first-order chi connectivity index (χ1) is 27.5. The molecule has 10 rings (SSSR count). The Morgan fingerprint density at radius 3 is 0.714 bits per heavy atom. The second-order valence-electron chi connectivity index (χ2n) is 14.3. The molecule has 2 aliphatic heterocycles. The summed E-state index contributed by atoms with van der Waals surface area (Å²) in [5, 5.41) is 1.64. The second kappa shape index (κ2) is 14.0. The number of hydrogen-bond donors (Lipinski definition) is 0. The van der Waals surface area contributed by atoms with Crippen molar-refractivity contribution >= 4 is 37.4 Å². The van der Waals surface area contributed by atoms with E-state index in [0.717, 1.165) is 22.3 Å². The van der Waals surface area contributed by atoms with E-state index in [0.29, 0.717) is 33.9 Å². The van der Waals surface area contributed by atoms with E-state index in [2.05, 4.69) is 48.5 Å². The Kier molecular flexibility index (Phi) is 8.62. The molecule has 0 amide bonds. The van der Waals surface area contributed by atoms with Crippen LogP contribution in [0.5, 0.6) is 0 Å². The molecule has 274 valence electrons. The van der Waals surface area contributed by atoms with Gasteiger partial charge in [0.15, 0.2) is 0 Å². The van der Waals surface area contributed by atoms with Gasteiger partial charge in [-0.1, -0.05) is 146 Å². The topological polar surface area (TPSA) is 88.0 Å². The first-order valence-corrected chi connectivity index (χ1v) is 22.1. The Hall–Kier alpha value is -5.94. The third kappa shape index (κ3) is 5.35. The number of aromatic nitrogens is 4. The molecule has 8 nitrogen and oxygen atoms in total. The molecule has 4 heterocycles. The molecule has 0 N–H and O–H groups in total. The maximum absolute atomic E-state index is 14.7. The average Bonchev–Trinajstić information content (AvgIpc) is 3.79. The van der Waals surface area contributed by atoms with Crippen molar-refractivity contribution < 1.29 is 0 Å². The van der Waals surface area contributed by atoms with Crippen LogP contribution in [0, 0.1) is 0 Å². The van der Waals surface area contributed by atoms with Gasteiger partial charge in [-0.15, -0.1) is 0 Å². The van der Waals surface area contributed by atoms with Gasteiger partial charge in [0.05, 0.1) is 21.5 Å². The molecule has 0 bridgehead atoms. The van der Waals surface area contributed by atoms with Gasteiger partial charge in [-0.25, -0.2) is 18.7 Å². The molecule has 0 aliphatic carbocycles. The van der Waals surface area contributed by atoms with Gasteiger partial charge >= 0.3 is 0 Å². The van der Waals surface area contributed by atoms with Crippen LogP contribution in [-0.4, -0.2) is 31.1 Å². The lowest BCUT2D eigenvalue weighted by Crippen LogP contribution is -2.37. The lowest BCUT2D eigenvalue weighted by molar-refractivity contribution is 0.494. The highest BCUT2D eigenvalue weighted by molar-refractivity contribution is 7.62. The molecule has 6 aromatic carbocycles. The summed E-state index contributed by atoms with van der Waals surface area (Å²) in [5.74, 6) is -1.56. The highest BCUT2D eigenvalue weighted by Gasteiger charge is 2.48. The minimum Gasteiger partial charge on any atom is -0.267 e. The fourth-order valence-electron chi connectivity index (χ4n) is 8.89. The van der Waals surface area contributed by atoms with Crippen molar-refractivity contribution in [2.75, 3.05) is 12.3 Å².